The van der Waals surface area contributed by atoms with Crippen molar-refractivity contribution in [1.82, 2.24) is 0 Å². The van der Waals surface area contributed by atoms with Crippen molar-refractivity contribution < 1.29 is 9.31 Å². The number of halogens is 3. The summed E-state index contributed by atoms with van der Waals surface area (Å²) in [6, 6.07) is 0. The van der Waals surface area contributed by atoms with Crippen molar-refractivity contribution in [2.75, 3.05) is 12.4 Å². The molecule has 0 amide bonds. The Morgan fingerprint density at radius 1 is 1.78 bits per heavy atom. The molecule has 0 aliphatic carbocycles. The third-order valence-electron chi connectivity index (χ3n) is 0.556. The summed E-state index contributed by atoms with van der Waals surface area (Å²) < 4.78 is 12.3. The maximum absolute atomic E-state index is 12.3. The van der Waals surface area contributed by atoms with Crippen LogP contribution in [0.3, 0.4) is 0 Å². The van der Waals surface area contributed by atoms with Gasteiger partial charge >= 0.3 is 0 Å². The van der Waals surface area contributed by atoms with E-state index in [1.165, 1.54) is 0 Å². The van der Waals surface area contributed by atoms with Gasteiger partial charge in [-0.2, -0.15) is 0 Å². The van der Waals surface area contributed by atoms with Crippen molar-refractivity contribution in [3.05, 3.63) is 10.1 Å². The molecule has 0 fully saturated rings. The summed E-state index contributed by atoms with van der Waals surface area (Å²) >= 11 is 9.80. The molecular formula is C3H4Cl2FNO2. The molecule has 0 aliphatic heterocycles. The van der Waals surface area contributed by atoms with Gasteiger partial charge in [0.25, 0.3) is 11.7 Å². The molecule has 0 aliphatic rings. The van der Waals surface area contributed by atoms with Gasteiger partial charge in [-0.3, -0.25) is 10.1 Å². The first kappa shape index (κ1) is 8.91. The molecule has 0 radical (unpaired) electrons. The molecule has 0 saturated carbocycles. The van der Waals surface area contributed by atoms with Crippen molar-refractivity contribution in [2.24, 2.45) is 0 Å². The van der Waals surface area contributed by atoms with E-state index in [9.17, 15) is 14.5 Å². The fraction of sp³-hybridized carbons (Fsp3) is 1.00. The first-order valence-corrected chi connectivity index (χ1v) is 2.95. The lowest BCUT2D eigenvalue weighted by molar-refractivity contribution is -0.489. The van der Waals surface area contributed by atoms with Crippen molar-refractivity contribution in [1.29, 1.82) is 0 Å². The van der Waals surface area contributed by atoms with E-state index in [4.69, 9.17) is 23.2 Å². The zero-order valence-electron chi connectivity index (χ0n) is 4.31. The molecule has 0 N–H and O–H groups in total. The minimum absolute atomic E-state index is 0.574. The van der Waals surface area contributed by atoms with Gasteiger partial charge in [-0.25, -0.2) is 4.39 Å². The molecule has 6 heteroatoms. The highest BCUT2D eigenvalue weighted by molar-refractivity contribution is 6.29. The van der Waals surface area contributed by atoms with E-state index in [0.29, 0.717) is 0 Å². The summed E-state index contributed by atoms with van der Waals surface area (Å²) in [7, 11) is 0. The van der Waals surface area contributed by atoms with Crippen molar-refractivity contribution in [3.8, 4) is 0 Å². The molecule has 0 saturated heterocycles. The molecule has 0 spiro atoms. The molecule has 1 unspecified atom stereocenters. The highest BCUT2D eigenvalue weighted by Gasteiger charge is 2.31. The molecule has 0 heterocycles. The highest BCUT2D eigenvalue weighted by atomic mass is 35.5. The lowest BCUT2D eigenvalue weighted by Crippen LogP contribution is -2.27. The third-order valence-corrected chi connectivity index (χ3v) is 1.37. The van der Waals surface area contributed by atoms with Crippen LogP contribution in [0, 0.1) is 10.1 Å². The van der Waals surface area contributed by atoms with Crippen LogP contribution < -0.4 is 0 Å². The van der Waals surface area contributed by atoms with Gasteiger partial charge in [0.2, 0.25) is 0 Å². The van der Waals surface area contributed by atoms with Gasteiger partial charge in [-0.15, -0.1) is 11.6 Å². The van der Waals surface area contributed by atoms with Crippen LogP contribution in [-0.4, -0.2) is 22.5 Å². The van der Waals surface area contributed by atoms with Crippen LogP contribution in [0.2, 0.25) is 0 Å². The summed E-state index contributed by atoms with van der Waals surface area (Å²) in [5.41, 5.74) is 0. The largest absolute Gasteiger partial charge is 0.264 e. The second kappa shape index (κ2) is 3.17. The minimum Gasteiger partial charge on any atom is -0.264 e. The van der Waals surface area contributed by atoms with Crippen LogP contribution in [0.15, 0.2) is 0 Å². The van der Waals surface area contributed by atoms with Crippen molar-refractivity contribution in [3.63, 3.8) is 0 Å². The first-order chi connectivity index (χ1) is 3.98. The normalized spacial score (nSPS) is 16.8. The molecule has 0 rings (SSSR count). The number of alkyl halides is 3. The Morgan fingerprint density at radius 2 is 2.22 bits per heavy atom. The van der Waals surface area contributed by atoms with E-state index < -0.39 is 22.5 Å². The molecule has 1 atom stereocenters. The summed E-state index contributed by atoms with van der Waals surface area (Å²) in [5, 5.41) is 7.20. The fourth-order valence-corrected chi connectivity index (χ4v) is 0.413. The van der Waals surface area contributed by atoms with Gasteiger partial charge in [0, 0.05) is 4.92 Å². The fourth-order valence-electron chi connectivity index (χ4n) is 0.231. The summed E-state index contributed by atoms with van der Waals surface area (Å²) in [5.74, 6) is -0.574. The molecule has 54 valence electrons. The van der Waals surface area contributed by atoms with Gasteiger partial charge < -0.3 is 0 Å². The number of nitro groups is 1. The SMILES string of the molecule is O=[N+]([O-])CC(F)(Cl)CCl. The third kappa shape index (κ3) is 4.42. The van der Waals surface area contributed by atoms with E-state index in [-0.39, 0.29) is 0 Å². The predicted molar refractivity (Wildman–Crippen MR) is 32.3 cm³/mol. The maximum Gasteiger partial charge on any atom is 0.260 e. The second-order valence-electron chi connectivity index (χ2n) is 1.48. The standard InChI is InChI=1S/C3H4Cl2FNO2/c4-1-3(5,6)2-7(8)9/h1-2H2. The van der Waals surface area contributed by atoms with E-state index in [1.807, 2.05) is 0 Å². The van der Waals surface area contributed by atoms with E-state index >= 15 is 0 Å². The zero-order valence-corrected chi connectivity index (χ0v) is 5.82. The second-order valence-corrected chi connectivity index (χ2v) is 2.43. The van der Waals surface area contributed by atoms with Crippen LogP contribution in [0.1, 0.15) is 0 Å². The molecule has 0 aromatic rings. The topological polar surface area (TPSA) is 43.1 Å². The minimum atomic E-state index is -2.40. The molecule has 0 aromatic heterocycles. The first-order valence-electron chi connectivity index (χ1n) is 2.03. The van der Waals surface area contributed by atoms with Crippen LogP contribution >= 0.6 is 23.2 Å². The highest BCUT2D eigenvalue weighted by Crippen LogP contribution is 2.18. The van der Waals surface area contributed by atoms with E-state index in [2.05, 4.69) is 0 Å². The predicted octanol–water partition coefficient (Wildman–Crippen LogP) is 1.41. The number of hydrogen-bond acceptors (Lipinski definition) is 2. The van der Waals surface area contributed by atoms with E-state index in [0.717, 1.165) is 0 Å². The van der Waals surface area contributed by atoms with Gasteiger partial charge in [-0.1, -0.05) is 11.6 Å². The maximum atomic E-state index is 12.3. The lowest BCUT2D eigenvalue weighted by Gasteiger charge is -2.06. The quantitative estimate of drug-likeness (QED) is 0.370. The zero-order chi connectivity index (χ0) is 7.49. The molecule has 0 bridgehead atoms. The Hall–Kier alpha value is -0.0900. The van der Waals surface area contributed by atoms with Crippen LogP contribution in [0.25, 0.3) is 0 Å². The molecule has 3 nitrogen and oxygen atoms in total. The Bertz CT molecular complexity index is 118. The average Bonchev–Trinajstić information content (AvgIpc) is 1.63. The van der Waals surface area contributed by atoms with Gasteiger partial charge in [-0.05, 0) is 0 Å². The Morgan fingerprint density at radius 3 is 2.33 bits per heavy atom. The molecule has 9 heavy (non-hydrogen) atoms. The Balaban J connectivity index is 3.71. The summed E-state index contributed by atoms with van der Waals surface area (Å²) in [6.45, 7) is -0.960. The Kier molecular flexibility index (Phi) is 3.14. The summed E-state index contributed by atoms with van der Waals surface area (Å²) in [6.07, 6.45) is 0. The monoisotopic (exact) mass is 175 g/mol. The van der Waals surface area contributed by atoms with Crippen LogP contribution in [0.4, 0.5) is 4.39 Å². The average molecular weight is 176 g/mol. The van der Waals surface area contributed by atoms with Crippen LogP contribution in [0.5, 0.6) is 0 Å². The van der Waals surface area contributed by atoms with Gasteiger partial charge in [0.1, 0.15) is 0 Å². The van der Waals surface area contributed by atoms with E-state index in [1.54, 1.807) is 0 Å². The molecule has 0 aromatic carbocycles. The number of rotatable bonds is 3. The van der Waals surface area contributed by atoms with Gasteiger partial charge in [0.15, 0.2) is 0 Å². The number of nitrogens with zero attached hydrogens (tertiary/aromatic N) is 1. The summed E-state index contributed by atoms with van der Waals surface area (Å²) in [4.78, 5) is 8.74. The van der Waals surface area contributed by atoms with Crippen molar-refractivity contribution in [2.45, 2.75) is 5.13 Å². The lowest BCUT2D eigenvalue weighted by atomic mass is 10.4. The van der Waals surface area contributed by atoms with Crippen molar-refractivity contribution >= 4 is 23.2 Å². The van der Waals surface area contributed by atoms with Crippen LogP contribution in [-0.2, 0) is 0 Å². The number of hydrogen-bond donors (Lipinski definition) is 0. The van der Waals surface area contributed by atoms with Gasteiger partial charge in [0.05, 0.1) is 5.88 Å². The molecular weight excluding hydrogens is 172 g/mol. The Labute approximate surface area is 60.9 Å². The smallest absolute Gasteiger partial charge is 0.260 e.